The van der Waals surface area contributed by atoms with Crippen LogP contribution in [0.5, 0.6) is 0 Å². The second kappa shape index (κ2) is 11.4. The van der Waals surface area contributed by atoms with Crippen molar-refractivity contribution in [3.8, 4) is 51.8 Å². The minimum absolute atomic E-state index is 0.554. The van der Waals surface area contributed by atoms with Gasteiger partial charge in [-0.3, -0.25) is 0 Å². The fourth-order valence-electron chi connectivity index (χ4n) is 7.38. The van der Waals surface area contributed by atoms with E-state index in [0.717, 1.165) is 77.2 Å². The maximum Gasteiger partial charge on any atom is 0.101 e. The van der Waals surface area contributed by atoms with Crippen molar-refractivity contribution in [1.82, 2.24) is 9.13 Å². The number of hydrogen-bond donors (Lipinski definition) is 0. The molecule has 0 aliphatic rings. The minimum atomic E-state index is 0.554. The predicted octanol–water partition coefficient (Wildman–Crippen LogP) is 10.8. The molecule has 0 N–H and O–H groups in total. The van der Waals surface area contributed by atoms with Crippen molar-refractivity contribution >= 4 is 43.6 Å². The molecule has 0 aliphatic heterocycles. The summed E-state index contributed by atoms with van der Waals surface area (Å²) in [5.74, 6) is 0. The van der Waals surface area contributed by atoms with Crippen LogP contribution in [-0.2, 0) is 0 Å². The molecule has 0 radical (unpaired) electrons. The zero-order chi connectivity index (χ0) is 33.8. The molecule has 50 heavy (non-hydrogen) atoms. The Morgan fingerprint density at radius 1 is 0.360 bits per heavy atom. The third-order valence-electron chi connectivity index (χ3n) is 9.61. The fraction of sp³-hybridized carbons (Fsp3) is 0. The SMILES string of the molecule is N#Cc1ccc(-c2cccc(-c3ccc(-n4c5ccccc5c5ccccc54)c(C#N)c3)c2)c(-n2c3ccccc3c3cc(C#N)ccc32)c1. The molecule has 0 saturated heterocycles. The van der Waals surface area contributed by atoms with Crippen molar-refractivity contribution in [2.24, 2.45) is 0 Å². The average molecular weight is 636 g/mol. The summed E-state index contributed by atoms with van der Waals surface area (Å²) in [5.41, 5.74) is 11.4. The van der Waals surface area contributed by atoms with Gasteiger partial charge in [0.05, 0.1) is 62.3 Å². The molecule has 2 aromatic heterocycles. The Hall–Kier alpha value is -7.39. The number of benzene rings is 7. The highest BCUT2D eigenvalue weighted by atomic mass is 15.0. The van der Waals surface area contributed by atoms with Gasteiger partial charge in [0.15, 0.2) is 0 Å². The van der Waals surface area contributed by atoms with Gasteiger partial charge in [-0.2, -0.15) is 15.8 Å². The lowest BCUT2D eigenvalue weighted by Crippen LogP contribution is -1.99. The average Bonchev–Trinajstić information content (AvgIpc) is 3.70. The molecule has 0 saturated carbocycles. The van der Waals surface area contributed by atoms with Gasteiger partial charge in [0.25, 0.3) is 0 Å². The van der Waals surface area contributed by atoms with Gasteiger partial charge in [0.2, 0.25) is 0 Å². The molecular formula is C45H25N5. The molecule has 230 valence electrons. The van der Waals surface area contributed by atoms with Crippen molar-refractivity contribution in [1.29, 1.82) is 15.8 Å². The fourth-order valence-corrected chi connectivity index (χ4v) is 7.38. The topological polar surface area (TPSA) is 81.2 Å². The second-order valence-electron chi connectivity index (χ2n) is 12.3. The molecule has 5 nitrogen and oxygen atoms in total. The quantitative estimate of drug-likeness (QED) is 0.193. The maximum atomic E-state index is 10.5. The van der Waals surface area contributed by atoms with Crippen molar-refractivity contribution < 1.29 is 0 Å². The van der Waals surface area contributed by atoms with Crippen molar-refractivity contribution in [2.75, 3.05) is 0 Å². The first-order chi connectivity index (χ1) is 24.7. The minimum Gasteiger partial charge on any atom is -0.309 e. The Kier molecular flexibility index (Phi) is 6.56. The summed E-state index contributed by atoms with van der Waals surface area (Å²) in [6.07, 6.45) is 0. The van der Waals surface area contributed by atoms with E-state index in [1.807, 2.05) is 91.0 Å². The highest BCUT2D eigenvalue weighted by molar-refractivity contribution is 6.11. The molecule has 0 atom stereocenters. The van der Waals surface area contributed by atoms with Crippen LogP contribution in [0, 0.1) is 34.0 Å². The maximum absolute atomic E-state index is 10.5. The van der Waals surface area contributed by atoms with E-state index in [0.29, 0.717) is 16.7 Å². The van der Waals surface area contributed by atoms with Gasteiger partial charge >= 0.3 is 0 Å². The number of para-hydroxylation sites is 3. The summed E-state index contributed by atoms with van der Waals surface area (Å²) in [4.78, 5) is 0. The van der Waals surface area contributed by atoms with Crippen LogP contribution in [0.3, 0.4) is 0 Å². The van der Waals surface area contributed by atoms with E-state index in [1.165, 1.54) is 0 Å². The van der Waals surface area contributed by atoms with Gasteiger partial charge in [-0.1, -0.05) is 84.9 Å². The molecule has 2 heterocycles. The van der Waals surface area contributed by atoms with Gasteiger partial charge in [-0.05, 0) is 83.4 Å². The van der Waals surface area contributed by atoms with E-state index in [1.54, 1.807) is 0 Å². The molecule has 9 rings (SSSR count). The molecule has 0 fully saturated rings. The Labute approximate surface area is 287 Å². The van der Waals surface area contributed by atoms with Crippen LogP contribution in [0.25, 0.3) is 77.2 Å². The van der Waals surface area contributed by atoms with Gasteiger partial charge in [0.1, 0.15) is 6.07 Å². The normalized spacial score (nSPS) is 11.1. The van der Waals surface area contributed by atoms with Gasteiger partial charge in [0, 0.05) is 27.1 Å². The summed E-state index contributed by atoms with van der Waals surface area (Å²) in [6.45, 7) is 0. The zero-order valence-electron chi connectivity index (χ0n) is 26.7. The van der Waals surface area contributed by atoms with Gasteiger partial charge in [-0.15, -0.1) is 0 Å². The summed E-state index contributed by atoms with van der Waals surface area (Å²) < 4.78 is 4.36. The van der Waals surface area contributed by atoms with Crippen LogP contribution < -0.4 is 0 Å². The lowest BCUT2D eigenvalue weighted by Gasteiger charge is -2.16. The standard InChI is InChI=1S/C45H25N5/c46-26-29-17-20-44-39(22-29)38-12-3-6-15-43(38)50(44)45-23-30(27-47)16-19-35(45)33-9-7-8-31(24-33)32-18-21-40(34(25-32)28-48)49-41-13-4-1-10-36(41)37-11-2-5-14-42(37)49/h1-25H. The van der Waals surface area contributed by atoms with E-state index in [-0.39, 0.29) is 0 Å². The third-order valence-corrected chi connectivity index (χ3v) is 9.61. The van der Waals surface area contributed by atoms with Crippen molar-refractivity contribution in [3.63, 3.8) is 0 Å². The van der Waals surface area contributed by atoms with Crippen LogP contribution in [0.15, 0.2) is 152 Å². The molecule has 0 aliphatic carbocycles. The van der Waals surface area contributed by atoms with Crippen LogP contribution in [0.2, 0.25) is 0 Å². The lowest BCUT2D eigenvalue weighted by atomic mass is 9.96. The van der Waals surface area contributed by atoms with E-state index in [2.05, 4.69) is 88.0 Å². The Balaban J connectivity index is 1.21. The summed E-state index contributed by atoms with van der Waals surface area (Å²) >= 11 is 0. The Bertz CT molecular complexity index is 2920. The molecular weight excluding hydrogens is 611 g/mol. The summed E-state index contributed by atoms with van der Waals surface area (Å²) in [7, 11) is 0. The molecule has 7 aromatic carbocycles. The van der Waals surface area contributed by atoms with E-state index in [4.69, 9.17) is 0 Å². The molecule has 0 spiro atoms. The third kappa shape index (κ3) is 4.38. The smallest absolute Gasteiger partial charge is 0.101 e. The Morgan fingerprint density at radius 2 is 0.900 bits per heavy atom. The number of rotatable bonds is 4. The van der Waals surface area contributed by atoms with Gasteiger partial charge in [-0.25, -0.2) is 0 Å². The first kappa shape index (κ1) is 28.8. The van der Waals surface area contributed by atoms with Crippen LogP contribution in [-0.4, -0.2) is 9.13 Å². The van der Waals surface area contributed by atoms with Gasteiger partial charge < -0.3 is 9.13 Å². The summed E-state index contributed by atoms with van der Waals surface area (Å²) in [6, 6.07) is 57.8. The molecule has 0 amide bonds. The number of fused-ring (bicyclic) bond motifs is 6. The highest BCUT2D eigenvalue weighted by Crippen LogP contribution is 2.39. The lowest BCUT2D eigenvalue weighted by molar-refractivity contribution is 1.17. The highest BCUT2D eigenvalue weighted by Gasteiger charge is 2.18. The molecule has 9 aromatic rings. The number of nitriles is 3. The second-order valence-corrected chi connectivity index (χ2v) is 12.3. The molecule has 0 bridgehead atoms. The zero-order valence-corrected chi connectivity index (χ0v) is 26.7. The number of hydrogen-bond acceptors (Lipinski definition) is 3. The predicted molar refractivity (Wildman–Crippen MR) is 200 cm³/mol. The molecule has 5 heteroatoms. The van der Waals surface area contributed by atoms with Crippen LogP contribution in [0.1, 0.15) is 16.7 Å². The summed E-state index contributed by atoms with van der Waals surface area (Å²) in [5, 5.41) is 34.4. The largest absolute Gasteiger partial charge is 0.309 e. The van der Waals surface area contributed by atoms with Crippen molar-refractivity contribution in [2.45, 2.75) is 0 Å². The number of nitrogens with zero attached hydrogens (tertiary/aromatic N) is 5. The number of aromatic nitrogens is 2. The first-order valence-electron chi connectivity index (χ1n) is 16.3. The van der Waals surface area contributed by atoms with E-state index in [9.17, 15) is 15.8 Å². The monoisotopic (exact) mass is 635 g/mol. The Morgan fingerprint density at radius 3 is 1.56 bits per heavy atom. The van der Waals surface area contributed by atoms with Crippen LogP contribution in [0.4, 0.5) is 0 Å². The van der Waals surface area contributed by atoms with E-state index >= 15 is 0 Å². The van der Waals surface area contributed by atoms with E-state index < -0.39 is 0 Å². The molecule has 0 unspecified atom stereocenters. The first-order valence-corrected chi connectivity index (χ1v) is 16.3. The van der Waals surface area contributed by atoms with Crippen molar-refractivity contribution in [3.05, 3.63) is 168 Å². The van der Waals surface area contributed by atoms with Crippen LogP contribution >= 0.6 is 0 Å².